The molecule has 0 bridgehead atoms. The number of amides is 2. The third-order valence-corrected chi connectivity index (χ3v) is 4.85. The average molecular weight is 371 g/mol. The normalized spacial score (nSPS) is 14.9. The fraction of sp³-hybridized carbons (Fsp3) is 0.0526. The van der Waals surface area contributed by atoms with Crippen LogP contribution < -0.4 is 4.90 Å². The molecule has 2 aromatic carbocycles. The molecule has 0 saturated heterocycles. The summed E-state index contributed by atoms with van der Waals surface area (Å²) in [4.78, 5) is 26.7. The van der Waals surface area contributed by atoms with Gasteiger partial charge in [-0.05, 0) is 30.3 Å². The van der Waals surface area contributed by atoms with Gasteiger partial charge in [0, 0.05) is 34.7 Å². The van der Waals surface area contributed by atoms with Crippen molar-refractivity contribution in [1.82, 2.24) is 4.57 Å². The second-order valence-electron chi connectivity index (χ2n) is 5.79. The van der Waals surface area contributed by atoms with Gasteiger partial charge < -0.3 is 4.57 Å². The molecule has 0 aliphatic carbocycles. The van der Waals surface area contributed by atoms with E-state index >= 15 is 0 Å². The first-order chi connectivity index (χ1) is 12.0. The summed E-state index contributed by atoms with van der Waals surface area (Å²) in [7, 11) is 1.87. The zero-order chi connectivity index (χ0) is 17.7. The molecular weight excluding hydrogens is 359 g/mol. The number of rotatable bonds is 2. The number of aromatic nitrogens is 1. The van der Waals surface area contributed by atoms with E-state index in [9.17, 15) is 9.59 Å². The van der Waals surface area contributed by atoms with Gasteiger partial charge in [0.1, 0.15) is 5.03 Å². The van der Waals surface area contributed by atoms with Gasteiger partial charge in [0.25, 0.3) is 11.8 Å². The molecule has 6 heteroatoms. The molecule has 0 radical (unpaired) electrons. The lowest BCUT2D eigenvalue weighted by Gasteiger charge is -2.14. The number of hydrogen-bond acceptors (Lipinski definition) is 2. The minimum atomic E-state index is -0.521. The molecule has 0 saturated carbocycles. The van der Waals surface area contributed by atoms with E-state index in [4.69, 9.17) is 23.2 Å². The van der Waals surface area contributed by atoms with Crippen molar-refractivity contribution in [3.63, 3.8) is 0 Å². The van der Waals surface area contributed by atoms with Crippen molar-refractivity contribution in [2.75, 3.05) is 4.90 Å². The average Bonchev–Trinajstić information content (AvgIpc) is 3.02. The number of carbonyl (C=O) groups is 2. The Morgan fingerprint density at radius 1 is 0.920 bits per heavy atom. The van der Waals surface area contributed by atoms with Crippen LogP contribution in [-0.2, 0) is 16.6 Å². The van der Waals surface area contributed by atoms with Crippen LogP contribution in [0.3, 0.4) is 0 Å². The van der Waals surface area contributed by atoms with Crippen LogP contribution in [0.15, 0.2) is 59.8 Å². The number of aryl methyl sites for hydroxylation is 1. The van der Waals surface area contributed by atoms with Crippen LogP contribution in [0, 0.1) is 0 Å². The van der Waals surface area contributed by atoms with Crippen LogP contribution in [0.5, 0.6) is 0 Å². The zero-order valence-electron chi connectivity index (χ0n) is 13.2. The fourth-order valence-corrected chi connectivity index (χ4v) is 3.55. The molecular formula is C19H12Cl2N2O2. The molecule has 0 N–H and O–H groups in total. The first-order valence-electron chi connectivity index (χ1n) is 7.57. The van der Waals surface area contributed by atoms with Gasteiger partial charge in [0.2, 0.25) is 0 Å². The van der Waals surface area contributed by atoms with Crippen molar-refractivity contribution in [1.29, 1.82) is 0 Å². The third-order valence-electron chi connectivity index (χ3n) is 4.26. The summed E-state index contributed by atoms with van der Waals surface area (Å²) in [6, 6.07) is 14.2. The largest absolute Gasteiger partial charge is 0.350 e. The minimum absolute atomic E-state index is 0.0821. The van der Waals surface area contributed by atoms with E-state index in [1.54, 1.807) is 42.6 Å². The zero-order valence-corrected chi connectivity index (χ0v) is 14.7. The second-order valence-corrected chi connectivity index (χ2v) is 6.60. The summed E-state index contributed by atoms with van der Waals surface area (Å²) in [6.45, 7) is 0. The molecule has 0 spiro atoms. The SMILES string of the molecule is Cn1cc(C2=C(Cl)C(=O)N(c3ccccc3)C2=O)c2cc(Cl)ccc21. The Balaban J connectivity index is 1.90. The molecule has 25 heavy (non-hydrogen) atoms. The quantitative estimate of drug-likeness (QED) is 0.629. The van der Waals surface area contributed by atoms with Gasteiger partial charge in [-0.3, -0.25) is 9.59 Å². The summed E-state index contributed by atoms with van der Waals surface area (Å²) in [5.74, 6) is -0.958. The standard InChI is InChI=1S/C19H12Cl2N2O2/c1-22-10-14(13-9-11(20)7-8-15(13)22)16-17(21)19(25)23(18(16)24)12-5-3-2-4-6-12/h2-10H,1H3. The van der Waals surface area contributed by atoms with Crippen LogP contribution in [0.4, 0.5) is 5.69 Å². The molecule has 0 unspecified atom stereocenters. The Morgan fingerprint density at radius 2 is 1.64 bits per heavy atom. The number of para-hydroxylation sites is 1. The van der Waals surface area contributed by atoms with Crippen LogP contribution in [0.1, 0.15) is 5.56 Å². The maximum Gasteiger partial charge on any atom is 0.277 e. The Kier molecular flexibility index (Phi) is 3.67. The lowest BCUT2D eigenvalue weighted by atomic mass is 10.1. The predicted molar refractivity (Wildman–Crippen MR) is 99.6 cm³/mol. The topological polar surface area (TPSA) is 42.3 Å². The fourth-order valence-electron chi connectivity index (χ4n) is 3.11. The molecule has 124 valence electrons. The van der Waals surface area contributed by atoms with Gasteiger partial charge in [-0.2, -0.15) is 0 Å². The number of imide groups is 1. The highest BCUT2D eigenvalue weighted by molar-refractivity contribution is 6.60. The van der Waals surface area contributed by atoms with Crippen molar-refractivity contribution in [3.05, 3.63) is 70.3 Å². The van der Waals surface area contributed by atoms with Crippen molar-refractivity contribution in [2.24, 2.45) is 7.05 Å². The number of halogens is 2. The first-order valence-corrected chi connectivity index (χ1v) is 8.33. The van der Waals surface area contributed by atoms with E-state index in [0.29, 0.717) is 16.3 Å². The summed E-state index contributed by atoms with van der Waals surface area (Å²) < 4.78 is 1.88. The van der Waals surface area contributed by atoms with E-state index in [1.807, 2.05) is 23.7 Å². The first kappa shape index (κ1) is 15.9. The van der Waals surface area contributed by atoms with E-state index in [-0.39, 0.29) is 10.6 Å². The molecule has 4 rings (SSSR count). The summed E-state index contributed by atoms with van der Waals surface area (Å²) in [5.41, 5.74) is 2.18. The Hall–Kier alpha value is -2.56. The number of fused-ring (bicyclic) bond motifs is 1. The number of nitrogens with zero attached hydrogens (tertiary/aromatic N) is 2. The Morgan fingerprint density at radius 3 is 2.36 bits per heavy atom. The van der Waals surface area contributed by atoms with Gasteiger partial charge in [0.15, 0.2) is 0 Å². The van der Waals surface area contributed by atoms with E-state index in [2.05, 4.69) is 0 Å². The summed E-state index contributed by atoms with van der Waals surface area (Å²) in [5, 5.41) is 1.24. The van der Waals surface area contributed by atoms with E-state index < -0.39 is 11.8 Å². The monoisotopic (exact) mass is 370 g/mol. The predicted octanol–water partition coefficient (Wildman–Crippen LogP) is 4.36. The number of hydrogen-bond donors (Lipinski definition) is 0. The Bertz CT molecular complexity index is 1070. The molecule has 2 heterocycles. The van der Waals surface area contributed by atoms with Crippen LogP contribution in [0.25, 0.3) is 16.5 Å². The molecule has 4 nitrogen and oxygen atoms in total. The highest BCUT2D eigenvalue weighted by atomic mass is 35.5. The van der Waals surface area contributed by atoms with Crippen LogP contribution in [0.2, 0.25) is 5.02 Å². The van der Waals surface area contributed by atoms with E-state index in [0.717, 1.165) is 15.8 Å². The Labute approximate surface area is 153 Å². The van der Waals surface area contributed by atoms with Gasteiger partial charge in [-0.25, -0.2) is 4.90 Å². The van der Waals surface area contributed by atoms with Gasteiger partial charge in [-0.1, -0.05) is 41.4 Å². The molecule has 0 atom stereocenters. The molecule has 1 aromatic heterocycles. The maximum atomic E-state index is 13.0. The van der Waals surface area contributed by atoms with Crippen molar-refractivity contribution < 1.29 is 9.59 Å². The number of anilines is 1. The smallest absolute Gasteiger partial charge is 0.277 e. The third kappa shape index (κ3) is 2.37. The van der Waals surface area contributed by atoms with Crippen LogP contribution >= 0.6 is 23.2 Å². The van der Waals surface area contributed by atoms with Gasteiger partial charge >= 0.3 is 0 Å². The lowest BCUT2D eigenvalue weighted by Crippen LogP contribution is -2.31. The summed E-state index contributed by atoms with van der Waals surface area (Å²) >= 11 is 12.4. The molecule has 1 aliphatic heterocycles. The van der Waals surface area contributed by atoms with Crippen LogP contribution in [-0.4, -0.2) is 16.4 Å². The molecule has 1 aliphatic rings. The van der Waals surface area contributed by atoms with Crippen molar-refractivity contribution >= 4 is 57.2 Å². The molecule has 2 amide bonds. The van der Waals surface area contributed by atoms with E-state index in [1.165, 1.54) is 0 Å². The van der Waals surface area contributed by atoms with Crippen molar-refractivity contribution in [3.8, 4) is 0 Å². The highest BCUT2D eigenvalue weighted by Gasteiger charge is 2.40. The lowest BCUT2D eigenvalue weighted by molar-refractivity contribution is -0.119. The van der Waals surface area contributed by atoms with Crippen molar-refractivity contribution in [2.45, 2.75) is 0 Å². The summed E-state index contributed by atoms with van der Waals surface area (Å²) in [6.07, 6.45) is 1.79. The number of carbonyl (C=O) groups excluding carboxylic acids is 2. The molecule has 0 fully saturated rings. The van der Waals surface area contributed by atoms with Gasteiger partial charge in [-0.15, -0.1) is 0 Å². The maximum absolute atomic E-state index is 13.0. The highest BCUT2D eigenvalue weighted by Crippen LogP contribution is 2.38. The number of benzene rings is 2. The minimum Gasteiger partial charge on any atom is -0.350 e. The van der Waals surface area contributed by atoms with Gasteiger partial charge in [0.05, 0.1) is 11.3 Å². The second kappa shape index (κ2) is 5.76. The molecule has 3 aromatic rings.